The Morgan fingerprint density at radius 1 is 1.25 bits per heavy atom. The number of amides is 1. The van der Waals surface area contributed by atoms with Crippen molar-refractivity contribution in [2.45, 2.75) is 24.7 Å². The van der Waals surface area contributed by atoms with Crippen LogP contribution in [0.2, 0.25) is 0 Å². The van der Waals surface area contributed by atoms with Gasteiger partial charge in [0, 0.05) is 19.0 Å². The highest BCUT2D eigenvalue weighted by molar-refractivity contribution is 7.89. The largest absolute Gasteiger partial charge is 0.294 e. The first-order valence-corrected chi connectivity index (χ1v) is 7.96. The third kappa shape index (κ3) is 3.00. The SMILES string of the molecule is Cc1ccc(S(=O)(=O)N2CCC(C(=O)NN)CC2)cc1. The molecule has 1 aromatic rings. The number of nitrogens with two attached hydrogens (primary N) is 1. The minimum Gasteiger partial charge on any atom is -0.294 e. The number of nitrogens with one attached hydrogen (secondary N) is 1. The predicted molar refractivity (Wildman–Crippen MR) is 75.0 cm³/mol. The lowest BCUT2D eigenvalue weighted by atomic mass is 9.98. The van der Waals surface area contributed by atoms with E-state index in [4.69, 9.17) is 5.84 Å². The molecule has 0 atom stereocenters. The highest BCUT2D eigenvalue weighted by Gasteiger charge is 2.31. The third-order valence-corrected chi connectivity index (χ3v) is 5.54. The maximum absolute atomic E-state index is 12.4. The van der Waals surface area contributed by atoms with E-state index in [0.29, 0.717) is 30.8 Å². The van der Waals surface area contributed by atoms with Gasteiger partial charge in [-0.3, -0.25) is 10.2 Å². The molecule has 20 heavy (non-hydrogen) atoms. The van der Waals surface area contributed by atoms with Crippen LogP contribution in [0.25, 0.3) is 0 Å². The van der Waals surface area contributed by atoms with Crippen molar-refractivity contribution in [3.05, 3.63) is 29.8 Å². The Hall–Kier alpha value is -1.44. The maximum Gasteiger partial charge on any atom is 0.243 e. The summed E-state index contributed by atoms with van der Waals surface area (Å²) in [6.45, 7) is 2.59. The van der Waals surface area contributed by atoms with Gasteiger partial charge < -0.3 is 0 Å². The molecule has 0 spiro atoms. The number of piperidine rings is 1. The molecular formula is C13H19N3O3S. The second-order valence-corrected chi connectivity index (χ2v) is 6.94. The lowest BCUT2D eigenvalue weighted by molar-refractivity contribution is -0.126. The molecule has 3 N–H and O–H groups in total. The lowest BCUT2D eigenvalue weighted by Gasteiger charge is -2.30. The molecule has 6 nitrogen and oxygen atoms in total. The Morgan fingerprint density at radius 2 is 1.80 bits per heavy atom. The minimum absolute atomic E-state index is 0.204. The fourth-order valence-corrected chi connectivity index (χ4v) is 3.81. The average molecular weight is 297 g/mol. The number of rotatable bonds is 3. The topological polar surface area (TPSA) is 92.5 Å². The van der Waals surface area contributed by atoms with Crippen molar-refractivity contribution in [1.29, 1.82) is 0 Å². The van der Waals surface area contributed by atoms with E-state index in [-0.39, 0.29) is 11.8 Å². The number of hydrogen-bond acceptors (Lipinski definition) is 4. The van der Waals surface area contributed by atoms with Crippen molar-refractivity contribution < 1.29 is 13.2 Å². The molecule has 1 aliphatic heterocycles. The second kappa shape index (κ2) is 5.90. The Kier molecular flexibility index (Phi) is 4.42. The number of sulfonamides is 1. The van der Waals surface area contributed by atoms with Gasteiger partial charge in [-0.2, -0.15) is 4.31 Å². The zero-order valence-corrected chi connectivity index (χ0v) is 12.2. The zero-order chi connectivity index (χ0) is 14.8. The summed E-state index contributed by atoms with van der Waals surface area (Å²) in [5, 5.41) is 0. The molecule has 110 valence electrons. The highest BCUT2D eigenvalue weighted by Crippen LogP contribution is 2.23. The van der Waals surface area contributed by atoms with Crippen LogP contribution in [-0.4, -0.2) is 31.7 Å². The van der Waals surface area contributed by atoms with E-state index in [1.807, 2.05) is 6.92 Å². The van der Waals surface area contributed by atoms with Gasteiger partial charge in [-0.05, 0) is 31.9 Å². The number of benzene rings is 1. The van der Waals surface area contributed by atoms with Crippen LogP contribution in [0.15, 0.2) is 29.2 Å². The summed E-state index contributed by atoms with van der Waals surface area (Å²) in [5.74, 6) is 4.67. The molecule has 2 rings (SSSR count). The van der Waals surface area contributed by atoms with Gasteiger partial charge in [0.05, 0.1) is 4.90 Å². The molecule has 0 bridgehead atoms. The number of nitrogens with zero attached hydrogens (tertiary/aromatic N) is 1. The van der Waals surface area contributed by atoms with Crippen molar-refractivity contribution in [3.63, 3.8) is 0 Å². The maximum atomic E-state index is 12.4. The predicted octanol–water partition coefficient (Wildman–Crippen LogP) is 0.386. The van der Waals surface area contributed by atoms with E-state index < -0.39 is 10.0 Å². The van der Waals surface area contributed by atoms with E-state index in [0.717, 1.165) is 5.56 Å². The Bertz CT molecular complexity index is 575. The van der Waals surface area contributed by atoms with Crippen molar-refractivity contribution in [2.75, 3.05) is 13.1 Å². The van der Waals surface area contributed by atoms with Crippen LogP contribution in [0.5, 0.6) is 0 Å². The van der Waals surface area contributed by atoms with Gasteiger partial charge in [-0.1, -0.05) is 17.7 Å². The van der Waals surface area contributed by atoms with Gasteiger partial charge >= 0.3 is 0 Å². The first kappa shape index (κ1) is 15.0. The standard InChI is InChI=1S/C13H19N3O3S/c1-10-2-4-12(5-3-10)20(18,19)16-8-6-11(7-9-16)13(17)15-14/h2-5,11H,6-9,14H2,1H3,(H,15,17). The van der Waals surface area contributed by atoms with Gasteiger partial charge in [0.15, 0.2) is 0 Å². The van der Waals surface area contributed by atoms with E-state index in [1.165, 1.54) is 4.31 Å². The smallest absolute Gasteiger partial charge is 0.243 e. The molecule has 0 aliphatic carbocycles. The molecule has 0 saturated carbocycles. The fourth-order valence-electron chi connectivity index (χ4n) is 2.34. The van der Waals surface area contributed by atoms with E-state index >= 15 is 0 Å². The summed E-state index contributed by atoms with van der Waals surface area (Å²) in [4.78, 5) is 11.7. The summed E-state index contributed by atoms with van der Waals surface area (Å²) >= 11 is 0. The number of carbonyl (C=O) groups is 1. The number of hydrogen-bond donors (Lipinski definition) is 2. The Labute approximate surface area is 119 Å². The van der Waals surface area contributed by atoms with Crippen LogP contribution in [-0.2, 0) is 14.8 Å². The molecule has 0 radical (unpaired) electrons. The molecule has 1 heterocycles. The summed E-state index contributed by atoms with van der Waals surface area (Å²) < 4.78 is 26.3. The van der Waals surface area contributed by atoms with E-state index in [9.17, 15) is 13.2 Å². The summed E-state index contributed by atoms with van der Waals surface area (Å²) in [6, 6.07) is 6.79. The first-order chi connectivity index (χ1) is 9.45. The van der Waals surface area contributed by atoms with Crippen molar-refractivity contribution in [2.24, 2.45) is 11.8 Å². The third-order valence-electron chi connectivity index (χ3n) is 3.63. The van der Waals surface area contributed by atoms with Crippen LogP contribution in [0.1, 0.15) is 18.4 Å². The highest BCUT2D eigenvalue weighted by atomic mass is 32.2. The monoisotopic (exact) mass is 297 g/mol. The first-order valence-electron chi connectivity index (χ1n) is 6.52. The van der Waals surface area contributed by atoms with E-state index in [1.54, 1.807) is 24.3 Å². The average Bonchev–Trinajstić information content (AvgIpc) is 2.47. The van der Waals surface area contributed by atoms with Crippen LogP contribution in [0.4, 0.5) is 0 Å². The summed E-state index contributed by atoms with van der Waals surface area (Å²) in [7, 11) is -3.46. The molecule has 1 saturated heterocycles. The molecule has 1 aromatic carbocycles. The van der Waals surface area contributed by atoms with Gasteiger partial charge in [0.1, 0.15) is 0 Å². The fraction of sp³-hybridized carbons (Fsp3) is 0.462. The van der Waals surface area contributed by atoms with Crippen molar-refractivity contribution in [1.82, 2.24) is 9.73 Å². The second-order valence-electron chi connectivity index (χ2n) is 5.00. The van der Waals surface area contributed by atoms with Gasteiger partial charge in [0.2, 0.25) is 15.9 Å². The minimum atomic E-state index is -3.46. The van der Waals surface area contributed by atoms with Gasteiger partial charge in [-0.15, -0.1) is 0 Å². The number of carbonyl (C=O) groups excluding carboxylic acids is 1. The quantitative estimate of drug-likeness (QED) is 0.479. The van der Waals surface area contributed by atoms with Crippen LogP contribution < -0.4 is 11.3 Å². The Balaban J connectivity index is 2.09. The molecule has 0 unspecified atom stereocenters. The normalized spacial score (nSPS) is 17.9. The number of hydrazine groups is 1. The zero-order valence-electron chi connectivity index (χ0n) is 11.4. The van der Waals surface area contributed by atoms with Gasteiger partial charge in [0.25, 0.3) is 0 Å². The van der Waals surface area contributed by atoms with Gasteiger partial charge in [-0.25, -0.2) is 14.3 Å². The summed E-state index contributed by atoms with van der Waals surface area (Å²) in [5.41, 5.74) is 3.14. The molecule has 1 amide bonds. The molecule has 7 heteroatoms. The molecular weight excluding hydrogens is 278 g/mol. The van der Waals surface area contributed by atoms with Crippen molar-refractivity contribution in [3.8, 4) is 0 Å². The summed E-state index contributed by atoms with van der Waals surface area (Å²) in [6.07, 6.45) is 0.988. The van der Waals surface area contributed by atoms with Crippen LogP contribution in [0, 0.1) is 12.8 Å². The van der Waals surface area contributed by atoms with E-state index in [2.05, 4.69) is 5.43 Å². The lowest BCUT2D eigenvalue weighted by Crippen LogP contribution is -2.44. The molecule has 1 fully saturated rings. The van der Waals surface area contributed by atoms with Crippen LogP contribution in [0.3, 0.4) is 0 Å². The number of aryl methyl sites for hydroxylation is 1. The Morgan fingerprint density at radius 3 is 2.30 bits per heavy atom. The van der Waals surface area contributed by atoms with Crippen molar-refractivity contribution >= 4 is 15.9 Å². The molecule has 1 aliphatic rings. The molecule has 0 aromatic heterocycles. The van der Waals surface area contributed by atoms with Crippen LogP contribution >= 0.6 is 0 Å².